The second-order valence-corrected chi connectivity index (χ2v) is 7.88. The minimum absolute atomic E-state index is 0.210. The van der Waals surface area contributed by atoms with Gasteiger partial charge < -0.3 is 13.7 Å². The lowest BCUT2D eigenvalue weighted by Crippen LogP contribution is -2.15. The molecule has 2 aromatic heterocycles. The SMILES string of the molecule is CCOc1cccc2cc(C(=O)N=c3sc4c5ccccc5ccc4n3CC)oc12. The molecule has 0 unspecified atom stereocenters. The number of aromatic nitrogens is 1. The van der Waals surface area contributed by atoms with Crippen LogP contribution >= 0.6 is 11.3 Å². The minimum atomic E-state index is -0.397. The first kappa shape index (κ1) is 18.6. The molecule has 0 atom stereocenters. The standard InChI is InChI=1S/C24H20N2O3S/c1-3-26-18-13-12-15-8-5-6-10-17(15)22(18)30-24(26)25-23(27)20-14-16-9-7-11-19(28-4-2)21(16)29-20/h5-14H,3-4H2,1-2H3. The van der Waals surface area contributed by atoms with Crippen LogP contribution in [0.2, 0.25) is 0 Å². The van der Waals surface area contributed by atoms with Gasteiger partial charge in [-0.2, -0.15) is 4.99 Å². The Morgan fingerprint density at radius 2 is 1.90 bits per heavy atom. The second kappa shape index (κ2) is 7.46. The monoisotopic (exact) mass is 416 g/mol. The van der Waals surface area contributed by atoms with Crippen molar-refractivity contribution in [3.63, 3.8) is 0 Å². The van der Waals surface area contributed by atoms with Crippen molar-refractivity contribution in [3.05, 3.63) is 71.2 Å². The van der Waals surface area contributed by atoms with Crippen molar-refractivity contribution < 1.29 is 13.9 Å². The van der Waals surface area contributed by atoms with Gasteiger partial charge in [-0.15, -0.1) is 0 Å². The first-order valence-electron chi connectivity index (χ1n) is 9.95. The lowest BCUT2D eigenvalue weighted by Gasteiger charge is -2.02. The summed E-state index contributed by atoms with van der Waals surface area (Å²) in [5.74, 6) is 0.444. The molecule has 0 saturated carbocycles. The van der Waals surface area contributed by atoms with Crippen LogP contribution in [-0.4, -0.2) is 17.1 Å². The van der Waals surface area contributed by atoms with Crippen LogP contribution in [0.25, 0.3) is 32.0 Å². The van der Waals surface area contributed by atoms with Gasteiger partial charge in [0.25, 0.3) is 0 Å². The van der Waals surface area contributed by atoms with Gasteiger partial charge in [-0.1, -0.05) is 53.8 Å². The van der Waals surface area contributed by atoms with E-state index in [0.29, 0.717) is 22.7 Å². The number of hydrogen-bond donors (Lipinski definition) is 0. The fourth-order valence-corrected chi connectivity index (χ4v) is 4.97. The summed E-state index contributed by atoms with van der Waals surface area (Å²) in [4.78, 5) is 18.0. The number of amides is 1. The summed E-state index contributed by atoms with van der Waals surface area (Å²) in [6.07, 6.45) is 0. The third kappa shape index (κ3) is 3.00. The molecule has 0 bridgehead atoms. The molecule has 0 N–H and O–H groups in total. The predicted octanol–water partition coefficient (Wildman–Crippen LogP) is 5.76. The topological polar surface area (TPSA) is 56.7 Å². The summed E-state index contributed by atoms with van der Waals surface area (Å²) < 4.78 is 14.6. The van der Waals surface area contributed by atoms with Gasteiger partial charge in [-0.3, -0.25) is 4.79 Å². The molecule has 0 aliphatic carbocycles. The highest BCUT2D eigenvalue weighted by Crippen LogP contribution is 2.30. The molecule has 0 aliphatic heterocycles. The number of furan rings is 1. The van der Waals surface area contributed by atoms with Crippen molar-refractivity contribution in [2.24, 2.45) is 4.99 Å². The highest BCUT2D eigenvalue weighted by atomic mass is 32.1. The third-order valence-electron chi connectivity index (χ3n) is 5.11. The number of hydrogen-bond acceptors (Lipinski definition) is 4. The molecule has 3 aromatic carbocycles. The smallest absolute Gasteiger partial charge is 0.315 e. The number of rotatable bonds is 4. The quantitative estimate of drug-likeness (QED) is 0.374. The number of carbonyl (C=O) groups excluding carboxylic acids is 1. The second-order valence-electron chi connectivity index (χ2n) is 6.90. The van der Waals surface area contributed by atoms with E-state index in [4.69, 9.17) is 9.15 Å². The van der Waals surface area contributed by atoms with Gasteiger partial charge in [0.1, 0.15) is 0 Å². The number of aryl methyl sites for hydroxylation is 1. The zero-order valence-electron chi connectivity index (χ0n) is 16.7. The van der Waals surface area contributed by atoms with Crippen molar-refractivity contribution in [3.8, 4) is 5.75 Å². The summed E-state index contributed by atoms with van der Waals surface area (Å²) in [6, 6.07) is 19.8. The van der Waals surface area contributed by atoms with E-state index in [-0.39, 0.29) is 5.76 Å². The maximum absolute atomic E-state index is 13.0. The van der Waals surface area contributed by atoms with E-state index < -0.39 is 5.91 Å². The first-order valence-corrected chi connectivity index (χ1v) is 10.8. The van der Waals surface area contributed by atoms with E-state index in [9.17, 15) is 4.79 Å². The van der Waals surface area contributed by atoms with Crippen LogP contribution in [0.5, 0.6) is 5.75 Å². The molecule has 0 radical (unpaired) electrons. The number of nitrogens with zero attached hydrogens (tertiary/aromatic N) is 2. The predicted molar refractivity (Wildman–Crippen MR) is 120 cm³/mol. The molecule has 0 saturated heterocycles. The highest BCUT2D eigenvalue weighted by Gasteiger charge is 2.16. The van der Waals surface area contributed by atoms with Gasteiger partial charge in [-0.25, -0.2) is 0 Å². The van der Waals surface area contributed by atoms with E-state index in [2.05, 4.69) is 40.7 Å². The van der Waals surface area contributed by atoms with E-state index in [1.54, 1.807) is 6.07 Å². The molecular formula is C24H20N2O3S. The van der Waals surface area contributed by atoms with Crippen LogP contribution < -0.4 is 9.54 Å². The summed E-state index contributed by atoms with van der Waals surface area (Å²) in [5, 5.41) is 3.17. The summed E-state index contributed by atoms with van der Waals surface area (Å²) >= 11 is 1.53. The van der Waals surface area contributed by atoms with Gasteiger partial charge in [0.05, 0.1) is 16.8 Å². The Bertz CT molecular complexity index is 1470. The van der Waals surface area contributed by atoms with Crippen molar-refractivity contribution in [1.82, 2.24) is 4.57 Å². The van der Waals surface area contributed by atoms with Crippen LogP contribution in [0.4, 0.5) is 0 Å². The molecular weight excluding hydrogens is 396 g/mol. The van der Waals surface area contributed by atoms with Gasteiger partial charge in [-0.05, 0) is 37.4 Å². The van der Waals surface area contributed by atoms with E-state index in [1.165, 1.54) is 22.1 Å². The Labute approximate surface area is 176 Å². The van der Waals surface area contributed by atoms with Gasteiger partial charge in [0, 0.05) is 17.3 Å². The Morgan fingerprint density at radius 3 is 2.73 bits per heavy atom. The zero-order chi connectivity index (χ0) is 20.7. The Balaban J connectivity index is 1.65. The van der Waals surface area contributed by atoms with Crippen molar-refractivity contribution in [1.29, 1.82) is 0 Å². The molecule has 0 aliphatic rings. The molecule has 1 amide bonds. The Kier molecular flexibility index (Phi) is 4.64. The maximum Gasteiger partial charge on any atom is 0.315 e. The summed E-state index contributed by atoms with van der Waals surface area (Å²) in [5.41, 5.74) is 1.65. The highest BCUT2D eigenvalue weighted by molar-refractivity contribution is 7.17. The Morgan fingerprint density at radius 1 is 1.07 bits per heavy atom. The van der Waals surface area contributed by atoms with Gasteiger partial charge in [0.2, 0.25) is 0 Å². The third-order valence-corrected chi connectivity index (χ3v) is 6.23. The van der Waals surface area contributed by atoms with Crippen LogP contribution in [0.1, 0.15) is 24.4 Å². The Hall–Kier alpha value is -3.38. The number of para-hydroxylation sites is 1. The minimum Gasteiger partial charge on any atom is -0.490 e. The lowest BCUT2D eigenvalue weighted by atomic mass is 10.1. The molecule has 5 rings (SSSR count). The summed E-state index contributed by atoms with van der Waals surface area (Å²) in [7, 11) is 0. The fraction of sp³-hybridized carbons (Fsp3) is 0.167. The van der Waals surface area contributed by atoms with Crippen LogP contribution in [0.15, 0.2) is 70.1 Å². The molecule has 2 heterocycles. The van der Waals surface area contributed by atoms with Gasteiger partial charge in [0.15, 0.2) is 21.9 Å². The average molecular weight is 417 g/mol. The molecule has 5 aromatic rings. The first-order chi connectivity index (χ1) is 14.7. The van der Waals surface area contributed by atoms with Crippen molar-refractivity contribution in [2.45, 2.75) is 20.4 Å². The van der Waals surface area contributed by atoms with E-state index in [0.717, 1.165) is 22.1 Å². The number of thiazole rings is 1. The fourth-order valence-electron chi connectivity index (χ4n) is 3.74. The van der Waals surface area contributed by atoms with Crippen LogP contribution in [0, 0.1) is 0 Å². The molecule has 30 heavy (non-hydrogen) atoms. The summed E-state index contributed by atoms with van der Waals surface area (Å²) in [6.45, 7) is 5.22. The molecule has 6 heteroatoms. The lowest BCUT2D eigenvalue weighted by molar-refractivity contribution is 0.0973. The number of ether oxygens (including phenoxy) is 1. The molecule has 0 fully saturated rings. The normalized spacial score (nSPS) is 12.3. The van der Waals surface area contributed by atoms with Crippen molar-refractivity contribution in [2.75, 3.05) is 6.61 Å². The van der Waals surface area contributed by atoms with Gasteiger partial charge >= 0.3 is 5.91 Å². The molecule has 5 nitrogen and oxygen atoms in total. The van der Waals surface area contributed by atoms with E-state index in [1.807, 2.05) is 37.3 Å². The number of carbonyl (C=O) groups is 1. The molecule has 150 valence electrons. The van der Waals surface area contributed by atoms with Crippen LogP contribution in [-0.2, 0) is 6.54 Å². The number of fused-ring (bicyclic) bond motifs is 4. The number of benzene rings is 3. The van der Waals surface area contributed by atoms with E-state index >= 15 is 0 Å². The zero-order valence-corrected chi connectivity index (χ0v) is 17.5. The van der Waals surface area contributed by atoms with Crippen LogP contribution in [0.3, 0.4) is 0 Å². The average Bonchev–Trinajstić information content (AvgIpc) is 3.36. The molecule has 0 spiro atoms. The maximum atomic E-state index is 13.0. The van der Waals surface area contributed by atoms with Crippen molar-refractivity contribution >= 4 is 49.2 Å². The largest absolute Gasteiger partial charge is 0.490 e.